The van der Waals surface area contributed by atoms with E-state index in [9.17, 15) is 14.4 Å². The van der Waals surface area contributed by atoms with Gasteiger partial charge < -0.3 is 15.7 Å². The van der Waals surface area contributed by atoms with Gasteiger partial charge in [-0.15, -0.1) is 0 Å². The normalized spacial score (nSPS) is 11.3. The molecule has 0 heterocycles. The van der Waals surface area contributed by atoms with Crippen LogP contribution in [0.1, 0.15) is 12.0 Å². The van der Waals surface area contributed by atoms with Crippen molar-refractivity contribution in [3.8, 4) is 0 Å². The van der Waals surface area contributed by atoms with Crippen molar-refractivity contribution < 1.29 is 19.5 Å². The van der Waals surface area contributed by atoms with Crippen molar-refractivity contribution >= 4 is 18.3 Å². The van der Waals surface area contributed by atoms with Crippen LogP contribution in [0, 0.1) is 0 Å². The first-order chi connectivity index (χ1) is 8.63. The molecule has 0 bridgehead atoms. The van der Waals surface area contributed by atoms with Crippen LogP contribution in [0.4, 0.5) is 0 Å². The van der Waals surface area contributed by atoms with Crippen molar-refractivity contribution in [2.75, 3.05) is 0 Å². The third-order valence-corrected chi connectivity index (χ3v) is 2.27. The van der Waals surface area contributed by atoms with Crippen molar-refractivity contribution in [1.82, 2.24) is 10.6 Å². The lowest BCUT2D eigenvalue weighted by molar-refractivity contribution is -0.140. The molecule has 6 nitrogen and oxygen atoms in total. The summed E-state index contributed by atoms with van der Waals surface area (Å²) in [6.45, 7) is 0.288. The second-order valence-electron chi connectivity index (χ2n) is 3.64. The molecule has 1 aromatic rings. The highest BCUT2D eigenvalue weighted by Crippen LogP contribution is 1.98. The van der Waals surface area contributed by atoms with Crippen LogP contribution in [0.5, 0.6) is 0 Å². The van der Waals surface area contributed by atoms with Crippen molar-refractivity contribution in [2.45, 2.75) is 19.0 Å². The molecule has 1 atom stereocenters. The fraction of sp³-hybridized carbons (Fsp3) is 0.250. The summed E-state index contributed by atoms with van der Waals surface area (Å²) in [6.07, 6.45) is -0.130. The highest BCUT2D eigenvalue weighted by molar-refractivity contribution is 5.87. The average molecular weight is 250 g/mol. The highest BCUT2D eigenvalue weighted by atomic mass is 16.4. The average Bonchev–Trinajstić information content (AvgIpc) is 2.36. The zero-order valence-corrected chi connectivity index (χ0v) is 9.63. The van der Waals surface area contributed by atoms with Gasteiger partial charge in [-0.2, -0.15) is 0 Å². The zero-order chi connectivity index (χ0) is 13.4. The van der Waals surface area contributed by atoms with Crippen LogP contribution in [-0.2, 0) is 20.9 Å². The molecule has 18 heavy (non-hydrogen) atoms. The van der Waals surface area contributed by atoms with E-state index in [1.807, 2.05) is 30.3 Å². The van der Waals surface area contributed by atoms with Gasteiger partial charge in [-0.05, 0) is 5.56 Å². The number of carboxylic acids is 1. The second kappa shape index (κ2) is 7.05. The van der Waals surface area contributed by atoms with Crippen molar-refractivity contribution in [3.05, 3.63) is 35.9 Å². The fourth-order valence-electron chi connectivity index (χ4n) is 1.39. The molecular weight excluding hydrogens is 236 g/mol. The summed E-state index contributed by atoms with van der Waals surface area (Å²) in [5.74, 6) is -1.67. The monoisotopic (exact) mass is 250 g/mol. The Labute approximate surface area is 104 Å². The molecule has 6 heteroatoms. The van der Waals surface area contributed by atoms with Crippen molar-refractivity contribution in [1.29, 1.82) is 0 Å². The standard InChI is InChI=1S/C12H14N2O4/c15-8-14-10(6-11(16)17)12(18)13-7-9-4-2-1-3-5-9/h1-5,8,10H,6-7H2,(H,13,18)(H,14,15)(H,16,17)/t10-/m0/s1. The number of carbonyl (C=O) groups is 3. The number of rotatable bonds is 7. The summed E-state index contributed by atoms with van der Waals surface area (Å²) < 4.78 is 0. The maximum absolute atomic E-state index is 11.6. The number of carbonyl (C=O) groups excluding carboxylic acids is 2. The Hall–Kier alpha value is -2.37. The molecule has 96 valence electrons. The van der Waals surface area contributed by atoms with Crippen LogP contribution in [-0.4, -0.2) is 29.4 Å². The molecule has 0 aromatic heterocycles. The molecular formula is C12H14N2O4. The molecule has 0 fully saturated rings. The number of nitrogens with one attached hydrogen (secondary N) is 2. The second-order valence-corrected chi connectivity index (χ2v) is 3.64. The van der Waals surface area contributed by atoms with Gasteiger partial charge in [0.05, 0.1) is 6.42 Å². The summed E-state index contributed by atoms with van der Waals surface area (Å²) in [4.78, 5) is 32.5. The quantitative estimate of drug-likeness (QED) is 0.588. The van der Waals surface area contributed by atoms with Gasteiger partial charge in [-0.25, -0.2) is 0 Å². The summed E-state index contributed by atoms with van der Waals surface area (Å²) in [5, 5.41) is 13.4. The van der Waals surface area contributed by atoms with Crippen molar-refractivity contribution in [2.24, 2.45) is 0 Å². The number of carboxylic acid groups (broad SMARTS) is 1. The Balaban J connectivity index is 2.51. The number of hydrogen-bond donors (Lipinski definition) is 3. The largest absolute Gasteiger partial charge is 0.481 e. The zero-order valence-electron chi connectivity index (χ0n) is 9.63. The van der Waals surface area contributed by atoms with E-state index in [0.29, 0.717) is 6.41 Å². The molecule has 0 aliphatic rings. The van der Waals surface area contributed by atoms with Gasteiger partial charge in [0, 0.05) is 6.54 Å². The number of hydrogen-bond acceptors (Lipinski definition) is 3. The lowest BCUT2D eigenvalue weighted by atomic mass is 10.2. The highest BCUT2D eigenvalue weighted by Gasteiger charge is 2.20. The van der Waals surface area contributed by atoms with Crippen LogP contribution >= 0.6 is 0 Å². The third-order valence-electron chi connectivity index (χ3n) is 2.27. The van der Waals surface area contributed by atoms with E-state index in [2.05, 4.69) is 10.6 Å². The van der Waals surface area contributed by atoms with Gasteiger partial charge in [0.15, 0.2) is 0 Å². The predicted molar refractivity (Wildman–Crippen MR) is 63.5 cm³/mol. The molecule has 0 radical (unpaired) electrons. The Morgan fingerprint density at radius 3 is 2.50 bits per heavy atom. The van der Waals surface area contributed by atoms with Crippen molar-refractivity contribution in [3.63, 3.8) is 0 Å². The van der Waals surface area contributed by atoms with Crippen LogP contribution in [0.25, 0.3) is 0 Å². The Kier molecular flexibility index (Phi) is 5.37. The number of amides is 2. The molecule has 2 amide bonds. The van der Waals surface area contributed by atoms with Crippen LogP contribution in [0.2, 0.25) is 0 Å². The molecule has 0 saturated carbocycles. The van der Waals surface area contributed by atoms with Gasteiger partial charge in [0.1, 0.15) is 6.04 Å². The first kappa shape index (κ1) is 13.7. The summed E-state index contributed by atoms with van der Waals surface area (Å²) in [5.41, 5.74) is 0.894. The van der Waals surface area contributed by atoms with E-state index in [1.54, 1.807) is 0 Å². The van der Waals surface area contributed by atoms with E-state index in [4.69, 9.17) is 5.11 Å². The van der Waals surface area contributed by atoms with E-state index in [1.165, 1.54) is 0 Å². The Morgan fingerprint density at radius 2 is 1.94 bits per heavy atom. The molecule has 0 saturated heterocycles. The smallest absolute Gasteiger partial charge is 0.305 e. The first-order valence-corrected chi connectivity index (χ1v) is 5.36. The molecule has 0 aliphatic heterocycles. The van der Waals surface area contributed by atoms with E-state index >= 15 is 0 Å². The maximum atomic E-state index is 11.6. The topological polar surface area (TPSA) is 95.5 Å². The maximum Gasteiger partial charge on any atom is 0.305 e. The number of aliphatic carboxylic acids is 1. The van der Waals surface area contributed by atoms with E-state index in [0.717, 1.165) is 5.56 Å². The molecule has 1 aromatic carbocycles. The Morgan fingerprint density at radius 1 is 1.28 bits per heavy atom. The third kappa shape index (κ3) is 4.65. The Bertz CT molecular complexity index is 419. The lowest BCUT2D eigenvalue weighted by Crippen LogP contribution is -2.44. The molecule has 0 unspecified atom stereocenters. The summed E-state index contributed by atoms with van der Waals surface area (Å²) >= 11 is 0. The minimum Gasteiger partial charge on any atom is -0.481 e. The SMILES string of the molecule is O=CN[C@@H](CC(=O)O)C(=O)NCc1ccccc1. The lowest BCUT2D eigenvalue weighted by Gasteiger charge is -2.13. The molecule has 0 aliphatic carbocycles. The molecule has 0 spiro atoms. The van der Waals surface area contributed by atoms with Crippen LogP contribution < -0.4 is 10.6 Å². The molecule has 1 rings (SSSR count). The minimum atomic E-state index is -1.15. The van der Waals surface area contributed by atoms with Crippen LogP contribution in [0.3, 0.4) is 0 Å². The van der Waals surface area contributed by atoms with E-state index in [-0.39, 0.29) is 6.54 Å². The van der Waals surface area contributed by atoms with E-state index < -0.39 is 24.3 Å². The van der Waals surface area contributed by atoms with Gasteiger partial charge in [-0.3, -0.25) is 14.4 Å². The van der Waals surface area contributed by atoms with Gasteiger partial charge in [0.2, 0.25) is 12.3 Å². The fourth-order valence-corrected chi connectivity index (χ4v) is 1.39. The molecule has 3 N–H and O–H groups in total. The predicted octanol–water partition coefficient (Wildman–Crippen LogP) is -0.108. The number of benzene rings is 1. The summed E-state index contributed by atoms with van der Waals surface area (Å²) in [7, 11) is 0. The first-order valence-electron chi connectivity index (χ1n) is 5.36. The van der Waals surface area contributed by atoms with Gasteiger partial charge >= 0.3 is 5.97 Å². The van der Waals surface area contributed by atoms with Gasteiger partial charge in [0.25, 0.3) is 0 Å². The van der Waals surface area contributed by atoms with Crippen LogP contribution in [0.15, 0.2) is 30.3 Å². The summed E-state index contributed by atoms with van der Waals surface area (Å²) in [6, 6.07) is 8.13. The minimum absolute atomic E-state index is 0.288. The van der Waals surface area contributed by atoms with Gasteiger partial charge in [-0.1, -0.05) is 30.3 Å².